The molecule has 2 rings (SSSR count). The Labute approximate surface area is 190 Å². The van der Waals surface area contributed by atoms with E-state index in [2.05, 4.69) is 93.3 Å². The van der Waals surface area contributed by atoms with E-state index in [1.165, 1.54) is 0 Å². The van der Waals surface area contributed by atoms with Crippen molar-refractivity contribution in [2.24, 2.45) is 0 Å². The average Bonchev–Trinajstić information content (AvgIpc) is 2.56. The van der Waals surface area contributed by atoms with Gasteiger partial charge in [0.25, 0.3) is 0 Å². The van der Waals surface area contributed by atoms with Crippen LogP contribution in [0.1, 0.15) is 105 Å². The van der Waals surface area contributed by atoms with Gasteiger partial charge in [0, 0.05) is 30.3 Å². The molecule has 0 saturated carbocycles. The van der Waals surface area contributed by atoms with E-state index in [1.54, 1.807) is 0 Å². The standard InChI is InChI=1S/C27H45NO3/c1-24(2,3)20-14-18(15-21(23(20)30)25(4,5)6)12-13-22(29)31-19-16-26(7,8)28(11)27(9,10)17-19/h14-15,19,30H,12-13,16-17H2,1-11H3. The Morgan fingerprint density at radius 1 is 1.00 bits per heavy atom. The number of esters is 1. The molecule has 0 amide bonds. The molecular weight excluding hydrogens is 386 g/mol. The molecule has 1 heterocycles. The molecule has 1 N–H and O–H groups in total. The van der Waals surface area contributed by atoms with Crippen LogP contribution in [0.2, 0.25) is 0 Å². The molecule has 0 spiro atoms. The Morgan fingerprint density at radius 2 is 1.42 bits per heavy atom. The van der Waals surface area contributed by atoms with Crippen LogP contribution in [0.4, 0.5) is 0 Å². The molecular formula is C27H45NO3. The first-order chi connectivity index (χ1) is 13.8. The van der Waals surface area contributed by atoms with Gasteiger partial charge in [0.2, 0.25) is 0 Å². The van der Waals surface area contributed by atoms with Crippen LogP contribution in [0.25, 0.3) is 0 Å². The molecule has 1 fully saturated rings. The van der Waals surface area contributed by atoms with Crippen molar-refractivity contribution in [1.29, 1.82) is 0 Å². The number of ether oxygens (including phenoxy) is 1. The first-order valence-electron chi connectivity index (χ1n) is 11.6. The maximum absolute atomic E-state index is 12.7. The summed E-state index contributed by atoms with van der Waals surface area (Å²) in [4.78, 5) is 15.1. The molecule has 31 heavy (non-hydrogen) atoms. The Morgan fingerprint density at radius 3 is 1.81 bits per heavy atom. The van der Waals surface area contributed by atoms with Crippen LogP contribution < -0.4 is 0 Å². The minimum Gasteiger partial charge on any atom is -0.507 e. The van der Waals surface area contributed by atoms with Crippen molar-refractivity contribution in [2.45, 2.75) is 123 Å². The zero-order chi connectivity index (χ0) is 24.0. The Hall–Kier alpha value is -1.55. The van der Waals surface area contributed by atoms with Crippen LogP contribution in [-0.2, 0) is 26.8 Å². The van der Waals surface area contributed by atoms with Crippen molar-refractivity contribution in [3.63, 3.8) is 0 Å². The third-order valence-electron chi connectivity index (χ3n) is 6.97. The van der Waals surface area contributed by atoms with Gasteiger partial charge < -0.3 is 9.84 Å². The Bertz CT molecular complexity index is 756. The predicted molar refractivity (Wildman–Crippen MR) is 129 cm³/mol. The normalized spacial score (nSPS) is 20.0. The van der Waals surface area contributed by atoms with Crippen LogP contribution in [0.5, 0.6) is 5.75 Å². The van der Waals surface area contributed by atoms with Crippen molar-refractivity contribution < 1.29 is 14.6 Å². The Kier molecular flexibility index (Phi) is 6.98. The van der Waals surface area contributed by atoms with Gasteiger partial charge in [-0.15, -0.1) is 0 Å². The predicted octanol–water partition coefficient (Wildman–Crippen LogP) is 6.11. The van der Waals surface area contributed by atoms with E-state index in [0.717, 1.165) is 29.5 Å². The zero-order valence-electron chi connectivity index (χ0n) is 21.8. The number of likely N-dealkylation sites (tertiary alicyclic amines) is 1. The molecule has 1 saturated heterocycles. The third-order valence-corrected chi connectivity index (χ3v) is 6.97. The number of aromatic hydroxyl groups is 1. The van der Waals surface area contributed by atoms with Gasteiger partial charge >= 0.3 is 5.97 Å². The van der Waals surface area contributed by atoms with Crippen molar-refractivity contribution >= 4 is 5.97 Å². The number of carbonyl (C=O) groups excluding carboxylic acids is 1. The van der Waals surface area contributed by atoms with Gasteiger partial charge in [-0.1, -0.05) is 53.7 Å². The molecule has 4 nitrogen and oxygen atoms in total. The molecule has 1 aliphatic heterocycles. The average molecular weight is 432 g/mol. The van der Waals surface area contributed by atoms with Crippen LogP contribution >= 0.6 is 0 Å². The molecule has 0 unspecified atom stereocenters. The fraction of sp³-hybridized carbons (Fsp3) is 0.741. The van der Waals surface area contributed by atoms with Gasteiger partial charge in [0.15, 0.2) is 0 Å². The summed E-state index contributed by atoms with van der Waals surface area (Å²) in [7, 11) is 2.16. The lowest BCUT2D eigenvalue weighted by Gasteiger charge is -2.53. The number of piperidine rings is 1. The number of nitrogens with zero attached hydrogens (tertiary/aromatic N) is 1. The number of aryl methyl sites for hydroxylation is 1. The molecule has 0 atom stereocenters. The molecule has 1 aliphatic rings. The number of hydrogen-bond donors (Lipinski definition) is 1. The lowest BCUT2D eigenvalue weighted by molar-refractivity contribution is -0.158. The number of carbonyl (C=O) groups is 1. The smallest absolute Gasteiger partial charge is 0.306 e. The van der Waals surface area contributed by atoms with E-state index in [1.807, 2.05) is 0 Å². The summed E-state index contributed by atoms with van der Waals surface area (Å²) in [6.45, 7) is 21.5. The first kappa shape index (κ1) is 25.7. The summed E-state index contributed by atoms with van der Waals surface area (Å²) in [6.07, 6.45) is 2.61. The highest BCUT2D eigenvalue weighted by Gasteiger charge is 2.44. The summed E-state index contributed by atoms with van der Waals surface area (Å²) in [5.74, 6) is 0.242. The molecule has 4 heteroatoms. The summed E-state index contributed by atoms with van der Waals surface area (Å²) in [6, 6.07) is 4.11. The molecule has 0 bridgehead atoms. The summed E-state index contributed by atoms with van der Waals surface area (Å²) in [5.41, 5.74) is 2.58. The Balaban J connectivity index is 2.15. The minimum atomic E-state index is -0.175. The lowest BCUT2D eigenvalue weighted by Crippen LogP contribution is -2.60. The van der Waals surface area contributed by atoms with Crippen molar-refractivity contribution in [3.05, 3.63) is 28.8 Å². The van der Waals surface area contributed by atoms with Gasteiger partial charge in [0.1, 0.15) is 11.9 Å². The van der Waals surface area contributed by atoms with Crippen LogP contribution in [0, 0.1) is 0 Å². The van der Waals surface area contributed by atoms with Crippen molar-refractivity contribution in [3.8, 4) is 5.75 Å². The maximum Gasteiger partial charge on any atom is 0.306 e. The molecule has 0 aromatic heterocycles. The van der Waals surface area contributed by atoms with Gasteiger partial charge in [-0.2, -0.15) is 0 Å². The number of rotatable bonds is 4. The molecule has 1 aromatic carbocycles. The summed E-state index contributed by atoms with van der Waals surface area (Å²) < 4.78 is 5.94. The number of hydrogen-bond acceptors (Lipinski definition) is 4. The largest absolute Gasteiger partial charge is 0.507 e. The highest BCUT2D eigenvalue weighted by atomic mass is 16.5. The van der Waals surface area contributed by atoms with E-state index in [4.69, 9.17) is 4.74 Å². The van der Waals surface area contributed by atoms with E-state index in [9.17, 15) is 9.90 Å². The summed E-state index contributed by atoms with van der Waals surface area (Å²) in [5, 5.41) is 10.9. The second-order valence-corrected chi connectivity index (χ2v) is 12.7. The topological polar surface area (TPSA) is 49.8 Å². The van der Waals surface area contributed by atoms with E-state index >= 15 is 0 Å². The third kappa shape index (κ3) is 6.03. The highest BCUT2D eigenvalue weighted by Crippen LogP contribution is 2.40. The number of benzene rings is 1. The van der Waals surface area contributed by atoms with E-state index < -0.39 is 0 Å². The van der Waals surface area contributed by atoms with Crippen molar-refractivity contribution in [2.75, 3.05) is 7.05 Å². The SMILES string of the molecule is CN1C(C)(C)CC(OC(=O)CCc2cc(C(C)(C)C)c(O)c(C(C)(C)C)c2)CC1(C)C. The number of phenols is 1. The van der Waals surface area contributed by atoms with E-state index in [0.29, 0.717) is 18.6 Å². The van der Waals surface area contributed by atoms with Gasteiger partial charge in [-0.25, -0.2) is 0 Å². The van der Waals surface area contributed by atoms with E-state index in [-0.39, 0.29) is 34.0 Å². The maximum atomic E-state index is 12.7. The minimum absolute atomic E-state index is 0.00707. The van der Waals surface area contributed by atoms with Crippen molar-refractivity contribution in [1.82, 2.24) is 4.90 Å². The fourth-order valence-electron chi connectivity index (χ4n) is 4.84. The molecule has 1 aromatic rings. The lowest BCUT2D eigenvalue weighted by atomic mass is 9.78. The van der Waals surface area contributed by atoms with Crippen LogP contribution in [0.15, 0.2) is 12.1 Å². The zero-order valence-corrected chi connectivity index (χ0v) is 21.8. The monoisotopic (exact) mass is 431 g/mol. The quantitative estimate of drug-likeness (QED) is 0.584. The second-order valence-electron chi connectivity index (χ2n) is 12.7. The van der Waals surface area contributed by atoms with Crippen LogP contribution in [-0.4, -0.2) is 40.2 Å². The van der Waals surface area contributed by atoms with Gasteiger partial charge in [-0.05, 0) is 68.7 Å². The highest BCUT2D eigenvalue weighted by molar-refractivity contribution is 5.70. The number of phenolic OH excluding ortho intramolecular Hbond substituents is 1. The summed E-state index contributed by atoms with van der Waals surface area (Å²) >= 11 is 0. The molecule has 0 radical (unpaired) electrons. The fourth-order valence-corrected chi connectivity index (χ4v) is 4.84. The molecule has 0 aliphatic carbocycles. The van der Waals surface area contributed by atoms with Crippen LogP contribution in [0.3, 0.4) is 0 Å². The molecule has 176 valence electrons. The van der Waals surface area contributed by atoms with Gasteiger partial charge in [-0.3, -0.25) is 9.69 Å². The van der Waals surface area contributed by atoms with Gasteiger partial charge in [0.05, 0.1) is 0 Å². The second kappa shape index (κ2) is 8.42. The first-order valence-corrected chi connectivity index (χ1v) is 11.6.